The number of aldehydes is 1. The molecule has 1 aromatic rings. The van der Waals surface area contributed by atoms with Crippen molar-refractivity contribution in [3.63, 3.8) is 0 Å². The molecule has 0 heterocycles. The molecule has 0 spiro atoms. The molecule has 0 bridgehead atoms. The monoisotopic (exact) mass is 220 g/mol. The van der Waals surface area contributed by atoms with Crippen LogP contribution in [0.25, 0.3) is 5.57 Å². The number of rotatable bonds is 6. The molecule has 0 atom stereocenters. The SMILES string of the molecule is C=C(CCC=O)c1ccc(OC)c(OC)c1. The number of carbonyl (C=O) groups excluding carboxylic acids is 1. The molecule has 0 saturated heterocycles. The van der Waals surface area contributed by atoms with Gasteiger partial charge in [-0.3, -0.25) is 0 Å². The summed E-state index contributed by atoms with van der Waals surface area (Å²) in [5.41, 5.74) is 1.90. The zero-order valence-corrected chi connectivity index (χ0v) is 9.66. The lowest BCUT2D eigenvalue weighted by atomic mass is 10.0. The van der Waals surface area contributed by atoms with Crippen LogP contribution in [0.1, 0.15) is 18.4 Å². The van der Waals surface area contributed by atoms with E-state index in [1.807, 2.05) is 18.2 Å². The van der Waals surface area contributed by atoms with Crippen molar-refractivity contribution < 1.29 is 14.3 Å². The van der Waals surface area contributed by atoms with Crippen LogP contribution in [0, 0.1) is 0 Å². The van der Waals surface area contributed by atoms with Gasteiger partial charge in [0.05, 0.1) is 14.2 Å². The topological polar surface area (TPSA) is 35.5 Å². The highest BCUT2D eigenvalue weighted by Gasteiger charge is 2.06. The maximum atomic E-state index is 10.3. The Bertz CT molecular complexity index is 383. The number of hydrogen-bond acceptors (Lipinski definition) is 3. The minimum Gasteiger partial charge on any atom is -0.493 e. The van der Waals surface area contributed by atoms with Gasteiger partial charge in [0.1, 0.15) is 6.29 Å². The number of benzene rings is 1. The molecule has 1 rings (SSSR count). The van der Waals surface area contributed by atoms with Crippen molar-refractivity contribution in [2.75, 3.05) is 14.2 Å². The Morgan fingerprint density at radius 2 is 2.00 bits per heavy atom. The van der Waals surface area contributed by atoms with E-state index in [9.17, 15) is 4.79 Å². The van der Waals surface area contributed by atoms with Crippen molar-refractivity contribution in [1.82, 2.24) is 0 Å². The number of carbonyl (C=O) groups is 1. The van der Waals surface area contributed by atoms with Crippen LogP contribution in [0.2, 0.25) is 0 Å². The Morgan fingerprint density at radius 1 is 1.31 bits per heavy atom. The Morgan fingerprint density at radius 3 is 2.56 bits per heavy atom. The van der Waals surface area contributed by atoms with E-state index in [4.69, 9.17) is 9.47 Å². The van der Waals surface area contributed by atoms with Crippen LogP contribution in [0.15, 0.2) is 24.8 Å². The van der Waals surface area contributed by atoms with Gasteiger partial charge in [0.15, 0.2) is 11.5 Å². The third kappa shape index (κ3) is 2.86. The molecule has 0 amide bonds. The van der Waals surface area contributed by atoms with E-state index in [0.717, 1.165) is 17.4 Å². The van der Waals surface area contributed by atoms with Crippen LogP contribution in [-0.2, 0) is 4.79 Å². The predicted octanol–water partition coefficient (Wildman–Crippen LogP) is 2.70. The van der Waals surface area contributed by atoms with Crippen LogP contribution in [0.3, 0.4) is 0 Å². The third-order valence-electron chi connectivity index (χ3n) is 2.36. The van der Waals surface area contributed by atoms with E-state index in [1.165, 1.54) is 0 Å². The first-order valence-electron chi connectivity index (χ1n) is 5.06. The zero-order valence-electron chi connectivity index (χ0n) is 9.66. The average Bonchev–Trinajstić information content (AvgIpc) is 2.34. The summed E-state index contributed by atoms with van der Waals surface area (Å²) < 4.78 is 10.3. The molecule has 0 unspecified atom stereocenters. The largest absolute Gasteiger partial charge is 0.493 e. The molecule has 0 N–H and O–H groups in total. The highest BCUT2D eigenvalue weighted by Crippen LogP contribution is 2.30. The summed E-state index contributed by atoms with van der Waals surface area (Å²) in [5, 5.41) is 0. The van der Waals surface area contributed by atoms with E-state index in [0.29, 0.717) is 24.3 Å². The fourth-order valence-corrected chi connectivity index (χ4v) is 1.43. The fraction of sp³-hybridized carbons (Fsp3) is 0.308. The van der Waals surface area contributed by atoms with Gasteiger partial charge in [0, 0.05) is 6.42 Å². The highest BCUT2D eigenvalue weighted by molar-refractivity contribution is 5.68. The van der Waals surface area contributed by atoms with Gasteiger partial charge in [0.2, 0.25) is 0 Å². The average molecular weight is 220 g/mol. The lowest BCUT2D eigenvalue weighted by Gasteiger charge is -2.10. The lowest BCUT2D eigenvalue weighted by Crippen LogP contribution is -1.92. The number of allylic oxidation sites excluding steroid dienone is 1. The Balaban J connectivity index is 2.89. The summed E-state index contributed by atoms with van der Waals surface area (Å²) >= 11 is 0. The molecule has 3 heteroatoms. The number of hydrogen-bond donors (Lipinski definition) is 0. The van der Waals surface area contributed by atoms with Crippen molar-refractivity contribution >= 4 is 11.9 Å². The van der Waals surface area contributed by atoms with Gasteiger partial charge < -0.3 is 14.3 Å². The van der Waals surface area contributed by atoms with E-state index in [1.54, 1.807) is 14.2 Å². The van der Waals surface area contributed by atoms with Gasteiger partial charge in [0.25, 0.3) is 0 Å². The smallest absolute Gasteiger partial charge is 0.161 e. The van der Waals surface area contributed by atoms with Gasteiger partial charge in [-0.05, 0) is 29.7 Å². The summed E-state index contributed by atoms with van der Waals surface area (Å²) in [6.45, 7) is 3.94. The number of ether oxygens (including phenoxy) is 2. The van der Waals surface area contributed by atoms with Crippen LogP contribution >= 0.6 is 0 Å². The van der Waals surface area contributed by atoms with Gasteiger partial charge in [-0.2, -0.15) is 0 Å². The first kappa shape index (κ1) is 12.3. The minimum atomic E-state index is 0.493. The van der Waals surface area contributed by atoms with Crippen LogP contribution in [-0.4, -0.2) is 20.5 Å². The van der Waals surface area contributed by atoms with E-state index < -0.39 is 0 Å². The molecule has 16 heavy (non-hydrogen) atoms. The van der Waals surface area contributed by atoms with Gasteiger partial charge in [-0.15, -0.1) is 0 Å². The molecule has 3 nitrogen and oxygen atoms in total. The molecule has 0 aliphatic heterocycles. The highest BCUT2D eigenvalue weighted by atomic mass is 16.5. The summed E-state index contributed by atoms with van der Waals surface area (Å²) in [6, 6.07) is 5.61. The van der Waals surface area contributed by atoms with E-state index in [2.05, 4.69) is 6.58 Å². The summed E-state index contributed by atoms with van der Waals surface area (Å²) in [4.78, 5) is 10.3. The molecular weight excluding hydrogens is 204 g/mol. The lowest BCUT2D eigenvalue weighted by molar-refractivity contribution is -0.107. The first-order chi connectivity index (χ1) is 7.72. The van der Waals surface area contributed by atoms with Crippen molar-refractivity contribution in [1.29, 1.82) is 0 Å². The molecule has 0 aliphatic rings. The second-order valence-electron chi connectivity index (χ2n) is 3.38. The van der Waals surface area contributed by atoms with Crippen LogP contribution < -0.4 is 9.47 Å². The van der Waals surface area contributed by atoms with Gasteiger partial charge in [-0.25, -0.2) is 0 Å². The van der Waals surface area contributed by atoms with Crippen molar-refractivity contribution in [2.45, 2.75) is 12.8 Å². The molecule has 86 valence electrons. The van der Waals surface area contributed by atoms with Crippen LogP contribution in [0.4, 0.5) is 0 Å². The van der Waals surface area contributed by atoms with Crippen molar-refractivity contribution in [3.8, 4) is 11.5 Å². The van der Waals surface area contributed by atoms with E-state index in [-0.39, 0.29) is 0 Å². The quantitative estimate of drug-likeness (QED) is 0.691. The second kappa shape index (κ2) is 5.95. The maximum absolute atomic E-state index is 10.3. The number of methoxy groups -OCH3 is 2. The Kier molecular flexibility index (Phi) is 4.58. The van der Waals surface area contributed by atoms with Crippen molar-refractivity contribution in [3.05, 3.63) is 30.3 Å². The second-order valence-corrected chi connectivity index (χ2v) is 3.38. The standard InChI is InChI=1S/C13H16O3/c1-10(5-4-8-14)11-6-7-12(15-2)13(9-11)16-3/h6-9H,1,4-5H2,2-3H3. The molecular formula is C13H16O3. The van der Waals surface area contributed by atoms with Gasteiger partial charge in [-0.1, -0.05) is 12.6 Å². The molecule has 0 aliphatic carbocycles. The predicted molar refractivity (Wildman–Crippen MR) is 63.9 cm³/mol. The van der Waals surface area contributed by atoms with Crippen LogP contribution in [0.5, 0.6) is 11.5 Å². The summed E-state index contributed by atoms with van der Waals surface area (Å²) in [6.07, 6.45) is 2.05. The molecule has 0 radical (unpaired) electrons. The Labute approximate surface area is 95.7 Å². The zero-order chi connectivity index (χ0) is 12.0. The summed E-state index contributed by atoms with van der Waals surface area (Å²) in [7, 11) is 3.19. The minimum absolute atomic E-state index is 0.493. The van der Waals surface area contributed by atoms with Crippen molar-refractivity contribution in [2.24, 2.45) is 0 Å². The first-order valence-corrected chi connectivity index (χ1v) is 5.06. The van der Waals surface area contributed by atoms with E-state index >= 15 is 0 Å². The molecule has 0 aromatic heterocycles. The molecule has 0 saturated carbocycles. The summed E-state index contributed by atoms with van der Waals surface area (Å²) in [5.74, 6) is 1.36. The Hall–Kier alpha value is -1.77. The molecule has 0 fully saturated rings. The van der Waals surface area contributed by atoms with Gasteiger partial charge >= 0.3 is 0 Å². The third-order valence-corrected chi connectivity index (χ3v) is 2.36. The fourth-order valence-electron chi connectivity index (χ4n) is 1.43. The normalized spacial score (nSPS) is 9.62. The molecule has 1 aromatic carbocycles. The maximum Gasteiger partial charge on any atom is 0.161 e.